The zero-order valence-corrected chi connectivity index (χ0v) is 15.8. The average molecular weight is 461 g/mol. The number of nitro benzene ring substituents is 1. The molecule has 0 amide bonds. The SMILES string of the molecule is COc1cc(C=C(C#N)C#N)cc(I)c1OCc1ccc([N+](=O)[O-])cc1. The lowest BCUT2D eigenvalue weighted by Gasteiger charge is -2.13. The summed E-state index contributed by atoms with van der Waals surface area (Å²) in [5, 5.41) is 28.4. The Balaban J connectivity index is 2.24. The van der Waals surface area contributed by atoms with E-state index in [0.717, 1.165) is 9.13 Å². The molecule has 0 unspecified atom stereocenters. The monoisotopic (exact) mass is 461 g/mol. The van der Waals surface area contributed by atoms with Crippen molar-refractivity contribution >= 4 is 34.4 Å². The number of rotatable bonds is 6. The lowest BCUT2D eigenvalue weighted by Crippen LogP contribution is -2.00. The summed E-state index contributed by atoms with van der Waals surface area (Å²) in [5.41, 5.74) is 1.42. The van der Waals surface area contributed by atoms with Crippen LogP contribution in [0, 0.1) is 36.3 Å². The fourth-order valence-corrected chi connectivity index (χ4v) is 2.87. The molecule has 0 aliphatic rings. The number of non-ortho nitro benzene ring substituents is 1. The molecule has 0 aliphatic heterocycles. The minimum atomic E-state index is -0.459. The molecule has 0 N–H and O–H groups in total. The number of nitriles is 2. The highest BCUT2D eigenvalue weighted by Gasteiger charge is 2.12. The van der Waals surface area contributed by atoms with Gasteiger partial charge in [0.05, 0.1) is 15.6 Å². The van der Waals surface area contributed by atoms with Crippen LogP contribution in [-0.2, 0) is 6.61 Å². The van der Waals surface area contributed by atoms with Crippen molar-refractivity contribution in [3.8, 4) is 23.6 Å². The first kappa shape index (κ1) is 19.2. The van der Waals surface area contributed by atoms with E-state index in [0.29, 0.717) is 17.1 Å². The Hall–Kier alpha value is -3.11. The quantitative estimate of drug-likeness (QED) is 0.276. The summed E-state index contributed by atoms with van der Waals surface area (Å²) in [5.74, 6) is 0.972. The molecule has 8 heteroatoms. The summed E-state index contributed by atoms with van der Waals surface area (Å²) in [6.07, 6.45) is 1.46. The van der Waals surface area contributed by atoms with Crippen LogP contribution in [0.5, 0.6) is 11.5 Å². The molecule has 26 heavy (non-hydrogen) atoms. The van der Waals surface area contributed by atoms with E-state index < -0.39 is 4.92 Å². The number of hydrogen-bond donors (Lipinski definition) is 0. The van der Waals surface area contributed by atoms with E-state index in [2.05, 4.69) is 22.6 Å². The number of nitro groups is 1. The second kappa shape index (κ2) is 8.83. The van der Waals surface area contributed by atoms with Gasteiger partial charge in [-0.25, -0.2) is 0 Å². The highest BCUT2D eigenvalue weighted by molar-refractivity contribution is 14.1. The fraction of sp³-hybridized carbons (Fsp3) is 0.111. The topological polar surface area (TPSA) is 109 Å². The second-order valence-electron chi connectivity index (χ2n) is 5.03. The third kappa shape index (κ3) is 4.71. The first-order chi connectivity index (χ1) is 12.5. The third-order valence-electron chi connectivity index (χ3n) is 3.33. The van der Waals surface area contributed by atoms with Crippen LogP contribution in [0.4, 0.5) is 5.69 Å². The number of methoxy groups -OCH3 is 1. The number of benzene rings is 2. The van der Waals surface area contributed by atoms with Gasteiger partial charge in [-0.1, -0.05) is 0 Å². The minimum absolute atomic E-state index is 0.0117. The molecule has 0 aliphatic carbocycles. The number of nitrogens with zero attached hydrogens (tertiary/aromatic N) is 3. The van der Waals surface area contributed by atoms with Crippen LogP contribution in [0.25, 0.3) is 6.08 Å². The molecule has 2 rings (SSSR count). The van der Waals surface area contributed by atoms with Crippen LogP contribution >= 0.6 is 22.6 Å². The van der Waals surface area contributed by atoms with Crippen LogP contribution < -0.4 is 9.47 Å². The summed E-state index contributed by atoms with van der Waals surface area (Å²) >= 11 is 2.07. The van der Waals surface area contributed by atoms with Crippen molar-refractivity contribution in [2.24, 2.45) is 0 Å². The van der Waals surface area contributed by atoms with Crippen LogP contribution in [0.15, 0.2) is 42.0 Å². The summed E-state index contributed by atoms with van der Waals surface area (Å²) in [4.78, 5) is 10.2. The smallest absolute Gasteiger partial charge is 0.269 e. The predicted molar refractivity (Wildman–Crippen MR) is 102 cm³/mol. The third-order valence-corrected chi connectivity index (χ3v) is 4.14. The molecule has 0 radical (unpaired) electrons. The van der Waals surface area contributed by atoms with Crippen molar-refractivity contribution in [1.29, 1.82) is 10.5 Å². The largest absolute Gasteiger partial charge is 0.493 e. The average Bonchev–Trinajstić information content (AvgIpc) is 2.65. The molecular formula is C18H12IN3O4. The van der Waals surface area contributed by atoms with Crippen molar-refractivity contribution in [3.63, 3.8) is 0 Å². The minimum Gasteiger partial charge on any atom is -0.493 e. The van der Waals surface area contributed by atoms with E-state index in [4.69, 9.17) is 20.0 Å². The molecule has 0 saturated heterocycles. The van der Waals surface area contributed by atoms with Crippen LogP contribution in [0.3, 0.4) is 0 Å². The maximum Gasteiger partial charge on any atom is 0.269 e. The van der Waals surface area contributed by atoms with Gasteiger partial charge in [-0.3, -0.25) is 10.1 Å². The Labute approximate surface area is 163 Å². The van der Waals surface area contributed by atoms with E-state index in [1.54, 1.807) is 24.3 Å². The van der Waals surface area contributed by atoms with Crippen molar-refractivity contribution in [2.45, 2.75) is 6.61 Å². The standard InChI is InChI=1S/C18H12IN3O4/c1-25-17-8-13(6-14(9-20)10-21)7-16(19)18(17)26-11-12-2-4-15(5-3-12)22(23)24/h2-8H,11H2,1H3. The van der Waals surface area contributed by atoms with E-state index in [9.17, 15) is 10.1 Å². The van der Waals surface area contributed by atoms with Gasteiger partial charge in [0.15, 0.2) is 11.5 Å². The number of halogens is 1. The Morgan fingerprint density at radius 1 is 1.27 bits per heavy atom. The van der Waals surface area contributed by atoms with Crippen molar-refractivity contribution in [2.75, 3.05) is 7.11 Å². The number of hydrogen-bond acceptors (Lipinski definition) is 6. The van der Waals surface area contributed by atoms with Gasteiger partial charge in [-0.15, -0.1) is 0 Å². The molecule has 2 aromatic rings. The maximum atomic E-state index is 10.7. The van der Waals surface area contributed by atoms with Crippen molar-refractivity contribution < 1.29 is 14.4 Å². The first-order valence-corrected chi connectivity index (χ1v) is 8.32. The summed E-state index contributed by atoms with van der Waals surface area (Å²) in [6.45, 7) is 0.210. The van der Waals surface area contributed by atoms with E-state index in [1.165, 1.54) is 25.3 Å². The van der Waals surface area contributed by atoms with E-state index >= 15 is 0 Å². The van der Waals surface area contributed by atoms with Crippen molar-refractivity contribution in [1.82, 2.24) is 0 Å². The molecule has 0 heterocycles. The maximum absolute atomic E-state index is 10.7. The van der Waals surface area contributed by atoms with E-state index in [1.807, 2.05) is 12.1 Å². The summed E-state index contributed by atoms with van der Waals surface area (Å²) in [7, 11) is 1.49. The van der Waals surface area contributed by atoms with Gasteiger partial charge < -0.3 is 9.47 Å². The van der Waals surface area contributed by atoms with E-state index in [-0.39, 0.29) is 17.9 Å². The van der Waals surface area contributed by atoms with Gasteiger partial charge in [0.25, 0.3) is 5.69 Å². The van der Waals surface area contributed by atoms with Crippen LogP contribution in [0.1, 0.15) is 11.1 Å². The lowest BCUT2D eigenvalue weighted by molar-refractivity contribution is -0.384. The second-order valence-corrected chi connectivity index (χ2v) is 6.19. The summed E-state index contributed by atoms with van der Waals surface area (Å²) < 4.78 is 11.9. The van der Waals surface area contributed by atoms with Gasteiger partial charge in [-0.2, -0.15) is 10.5 Å². The predicted octanol–water partition coefficient (Wildman–Crippen LogP) is 4.22. The fourth-order valence-electron chi connectivity index (χ4n) is 2.09. The van der Waals surface area contributed by atoms with Gasteiger partial charge in [0.1, 0.15) is 24.3 Å². The molecule has 0 atom stereocenters. The Kier molecular flexibility index (Phi) is 6.53. The molecular weight excluding hydrogens is 449 g/mol. The number of ether oxygens (including phenoxy) is 2. The van der Waals surface area contributed by atoms with Gasteiger partial charge in [-0.05, 0) is 64.1 Å². The lowest BCUT2D eigenvalue weighted by atomic mass is 10.1. The van der Waals surface area contributed by atoms with Gasteiger partial charge >= 0.3 is 0 Å². The zero-order valence-electron chi connectivity index (χ0n) is 13.6. The Bertz CT molecular complexity index is 925. The highest BCUT2D eigenvalue weighted by atomic mass is 127. The molecule has 7 nitrogen and oxygen atoms in total. The normalized spacial score (nSPS) is 9.54. The molecule has 0 bridgehead atoms. The van der Waals surface area contributed by atoms with Crippen LogP contribution in [-0.4, -0.2) is 12.0 Å². The van der Waals surface area contributed by atoms with Gasteiger partial charge in [0, 0.05) is 12.1 Å². The molecule has 2 aromatic carbocycles. The van der Waals surface area contributed by atoms with Crippen LogP contribution in [0.2, 0.25) is 0 Å². The first-order valence-electron chi connectivity index (χ1n) is 7.24. The molecule has 0 saturated carbocycles. The van der Waals surface area contributed by atoms with Gasteiger partial charge in [0.2, 0.25) is 0 Å². The molecule has 0 fully saturated rings. The number of allylic oxidation sites excluding steroid dienone is 1. The Morgan fingerprint density at radius 2 is 1.92 bits per heavy atom. The highest BCUT2D eigenvalue weighted by Crippen LogP contribution is 2.35. The molecule has 0 aromatic heterocycles. The molecule has 130 valence electrons. The zero-order chi connectivity index (χ0) is 19.1. The summed E-state index contributed by atoms with van der Waals surface area (Å²) in [6, 6.07) is 13.1. The van der Waals surface area contributed by atoms with Crippen molar-refractivity contribution in [3.05, 3.63) is 66.8 Å². The Morgan fingerprint density at radius 3 is 2.46 bits per heavy atom. The molecule has 0 spiro atoms.